The molecular formula is C11H14N2O2. The van der Waals surface area contributed by atoms with Crippen LogP contribution in [0.25, 0.3) is 0 Å². The van der Waals surface area contributed by atoms with Gasteiger partial charge in [-0.25, -0.2) is 9.78 Å². The van der Waals surface area contributed by atoms with Gasteiger partial charge in [0.1, 0.15) is 5.69 Å². The van der Waals surface area contributed by atoms with Crippen LogP contribution in [0.3, 0.4) is 0 Å². The minimum Gasteiger partial charge on any atom is -0.477 e. The zero-order valence-electron chi connectivity index (χ0n) is 8.68. The van der Waals surface area contributed by atoms with Crippen LogP contribution in [0.1, 0.15) is 23.0 Å². The van der Waals surface area contributed by atoms with E-state index in [0.29, 0.717) is 0 Å². The van der Waals surface area contributed by atoms with E-state index in [1.165, 1.54) is 0 Å². The summed E-state index contributed by atoms with van der Waals surface area (Å²) >= 11 is 0. The third-order valence-corrected chi connectivity index (χ3v) is 2.59. The van der Waals surface area contributed by atoms with E-state index in [4.69, 9.17) is 5.11 Å². The van der Waals surface area contributed by atoms with E-state index in [1.807, 2.05) is 6.07 Å². The summed E-state index contributed by atoms with van der Waals surface area (Å²) < 4.78 is 0. The zero-order valence-corrected chi connectivity index (χ0v) is 8.68. The van der Waals surface area contributed by atoms with Gasteiger partial charge < -0.3 is 5.11 Å². The molecule has 1 aromatic heterocycles. The van der Waals surface area contributed by atoms with E-state index in [1.54, 1.807) is 12.3 Å². The summed E-state index contributed by atoms with van der Waals surface area (Å²) in [6.45, 7) is 5.35. The number of carboxylic acids is 1. The lowest BCUT2D eigenvalue weighted by Gasteiger charge is -2.37. The molecule has 15 heavy (non-hydrogen) atoms. The molecular weight excluding hydrogens is 192 g/mol. The van der Waals surface area contributed by atoms with E-state index >= 15 is 0 Å². The van der Waals surface area contributed by atoms with Crippen LogP contribution in [-0.4, -0.2) is 34.0 Å². The number of hydrogen-bond donors (Lipinski definition) is 1. The summed E-state index contributed by atoms with van der Waals surface area (Å²) in [6.07, 6.45) is 1.65. The van der Waals surface area contributed by atoms with Gasteiger partial charge in [0.25, 0.3) is 0 Å². The molecule has 1 N–H and O–H groups in total. The van der Waals surface area contributed by atoms with Gasteiger partial charge in [-0.3, -0.25) is 4.90 Å². The predicted molar refractivity (Wildman–Crippen MR) is 55.6 cm³/mol. The number of carbonyl (C=O) groups is 1. The normalized spacial score (nSPS) is 17.4. The number of carboxylic acid groups (broad SMARTS) is 1. The summed E-state index contributed by atoms with van der Waals surface area (Å²) in [4.78, 5) is 16.8. The summed E-state index contributed by atoms with van der Waals surface area (Å²) in [6, 6.07) is 3.39. The van der Waals surface area contributed by atoms with Gasteiger partial charge in [0.2, 0.25) is 0 Å². The Bertz CT molecular complexity index is 355. The van der Waals surface area contributed by atoms with Crippen molar-refractivity contribution < 1.29 is 9.90 Å². The van der Waals surface area contributed by atoms with Gasteiger partial charge in [-0.1, -0.05) is 13.0 Å². The fourth-order valence-corrected chi connectivity index (χ4v) is 1.86. The van der Waals surface area contributed by atoms with Gasteiger partial charge in [-0.2, -0.15) is 0 Å². The van der Waals surface area contributed by atoms with Crippen LogP contribution in [-0.2, 0) is 6.54 Å². The molecule has 1 aliphatic heterocycles. The molecule has 2 heterocycles. The second kappa shape index (κ2) is 3.98. The monoisotopic (exact) mass is 206 g/mol. The second-order valence-electron chi connectivity index (χ2n) is 4.16. The van der Waals surface area contributed by atoms with E-state index in [0.717, 1.165) is 31.1 Å². The SMILES string of the molecule is CC1CN(Cc2ccc(C(=O)O)nc2)C1. The van der Waals surface area contributed by atoms with Crippen molar-refractivity contribution in [3.05, 3.63) is 29.6 Å². The van der Waals surface area contributed by atoms with Crippen molar-refractivity contribution in [2.45, 2.75) is 13.5 Å². The molecule has 0 spiro atoms. The van der Waals surface area contributed by atoms with Crippen LogP contribution >= 0.6 is 0 Å². The number of rotatable bonds is 3. The maximum absolute atomic E-state index is 10.6. The molecule has 0 amide bonds. The molecule has 1 saturated heterocycles. The summed E-state index contributed by atoms with van der Waals surface area (Å²) in [5, 5.41) is 8.68. The van der Waals surface area contributed by atoms with E-state index in [-0.39, 0.29) is 5.69 Å². The second-order valence-corrected chi connectivity index (χ2v) is 4.16. The summed E-state index contributed by atoms with van der Waals surface area (Å²) in [5.74, 6) is -0.185. The van der Waals surface area contributed by atoms with Crippen molar-refractivity contribution in [1.82, 2.24) is 9.88 Å². The predicted octanol–water partition coefficient (Wildman–Crippen LogP) is 1.23. The maximum Gasteiger partial charge on any atom is 0.354 e. The highest BCUT2D eigenvalue weighted by Gasteiger charge is 2.22. The number of pyridine rings is 1. The van der Waals surface area contributed by atoms with Crippen molar-refractivity contribution in [3.63, 3.8) is 0 Å². The molecule has 2 rings (SSSR count). The smallest absolute Gasteiger partial charge is 0.354 e. The molecule has 4 heteroatoms. The average Bonchev–Trinajstić information content (AvgIpc) is 2.16. The largest absolute Gasteiger partial charge is 0.477 e. The van der Waals surface area contributed by atoms with Gasteiger partial charge in [-0.15, -0.1) is 0 Å². The molecule has 80 valence electrons. The molecule has 1 aromatic rings. The highest BCUT2D eigenvalue weighted by Crippen LogP contribution is 2.17. The number of hydrogen-bond acceptors (Lipinski definition) is 3. The standard InChI is InChI=1S/C11H14N2O2/c1-8-5-13(6-8)7-9-2-3-10(11(14)15)12-4-9/h2-4,8H,5-7H2,1H3,(H,14,15). The molecule has 0 aromatic carbocycles. The van der Waals surface area contributed by atoms with Gasteiger partial charge in [0.15, 0.2) is 0 Å². The summed E-state index contributed by atoms with van der Waals surface area (Å²) in [7, 11) is 0. The first-order chi connectivity index (χ1) is 7.15. The lowest BCUT2D eigenvalue weighted by Crippen LogP contribution is -2.44. The Hall–Kier alpha value is -1.42. The van der Waals surface area contributed by atoms with Crippen molar-refractivity contribution in [3.8, 4) is 0 Å². The van der Waals surface area contributed by atoms with Crippen molar-refractivity contribution in [2.75, 3.05) is 13.1 Å². The van der Waals surface area contributed by atoms with Crippen LogP contribution in [0.4, 0.5) is 0 Å². The molecule has 0 bridgehead atoms. The maximum atomic E-state index is 10.6. The van der Waals surface area contributed by atoms with Gasteiger partial charge in [0.05, 0.1) is 0 Å². The molecule has 0 atom stereocenters. The van der Waals surface area contributed by atoms with Crippen LogP contribution in [0, 0.1) is 5.92 Å². The van der Waals surface area contributed by atoms with Gasteiger partial charge in [-0.05, 0) is 17.5 Å². The Kier molecular flexibility index (Phi) is 2.68. The van der Waals surface area contributed by atoms with Crippen molar-refractivity contribution in [2.24, 2.45) is 5.92 Å². The quantitative estimate of drug-likeness (QED) is 0.808. The summed E-state index contributed by atoms with van der Waals surface area (Å²) in [5.41, 5.74) is 1.18. The Balaban J connectivity index is 1.95. The van der Waals surface area contributed by atoms with Crippen molar-refractivity contribution in [1.29, 1.82) is 0 Å². The van der Waals surface area contributed by atoms with Crippen LogP contribution in [0.15, 0.2) is 18.3 Å². The molecule has 0 saturated carbocycles. The first-order valence-corrected chi connectivity index (χ1v) is 5.05. The van der Waals surface area contributed by atoms with Crippen LogP contribution in [0.2, 0.25) is 0 Å². The number of likely N-dealkylation sites (tertiary alicyclic amines) is 1. The topological polar surface area (TPSA) is 53.4 Å². The lowest BCUT2D eigenvalue weighted by atomic mass is 10.0. The van der Waals surface area contributed by atoms with E-state index in [9.17, 15) is 4.79 Å². The minimum absolute atomic E-state index is 0.107. The third kappa shape index (κ3) is 2.33. The molecule has 1 aliphatic rings. The zero-order chi connectivity index (χ0) is 10.8. The first-order valence-electron chi connectivity index (χ1n) is 5.05. The van der Waals surface area contributed by atoms with E-state index in [2.05, 4.69) is 16.8 Å². The lowest BCUT2D eigenvalue weighted by molar-refractivity contribution is 0.0690. The molecule has 0 aliphatic carbocycles. The first kappa shape index (κ1) is 10.1. The van der Waals surface area contributed by atoms with Crippen LogP contribution in [0.5, 0.6) is 0 Å². The average molecular weight is 206 g/mol. The Labute approximate surface area is 88.6 Å². The number of aromatic nitrogens is 1. The molecule has 4 nitrogen and oxygen atoms in total. The molecule has 0 unspecified atom stereocenters. The highest BCUT2D eigenvalue weighted by atomic mass is 16.4. The number of aromatic carboxylic acids is 1. The highest BCUT2D eigenvalue weighted by molar-refractivity contribution is 5.85. The third-order valence-electron chi connectivity index (χ3n) is 2.59. The fourth-order valence-electron chi connectivity index (χ4n) is 1.86. The van der Waals surface area contributed by atoms with Gasteiger partial charge in [0, 0.05) is 25.8 Å². The van der Waals surface area contributed by atoms with Crippen LogP contribution < -0.4 is 0 Å². The van der Waals surface area contributed by atoms with Gasteiger partial charge >= 0.3 is 5.97 Å². The molecule has 1 fully saturated rings. The number of nitrogens with zero attached hydrogens (tertiary/aromatic N) is 2. The minimum atomic E-state index is -0.973. The fraction of sp³-hybridized carbons (Fsp3) is 0.455. The Morgan fingerprint density at radius 1 is 1.60 bits per heavy atom. The Morgan fingerprint density at radius 2 is 2.33 bits per heavy atom. The van der Waals surface area contributed by atoms with E-state index < -0.39 is 5.97 Å². The Morgan fingerprint density at radius 3 is 2.80 bits per heavy atom. The van der Waals surface area contributed by atoms with Crippen molar-refractivity contribution >= 4 is 5.97 Å². The molecule has 0 radical (unpaired) electrons.